The van der Waals surface area contributed by atoms with Crippen LogP contribution >= 0.6 is 11.8 Å². The maximum Gasteiger partial charge on any atom is 0.414 e. The first kappa shape index (κ1) is 21.5. The van der Waals surface area contributed by atoms with Crippen LogP contribution in [0.1, 0.15) is 19.8 Å². The zero-order valence-electron chi connectivity index (χ0n) is 16.6. The Bertz CT molecular complexity index is 757. The minimum Gasteiger partial charge on any atom is -0.453 e. The van der Waals surface area contributed by atoms with E-state index >= 15 is 0 Å². The Morgan fingerprint density at radius 1 is 1.34 bits per heavy atom. The Morgan fingerprint density at radius 3 is 2.66 bits per heavy atom. The van der Waals surface area contributed by atoms with Gasteiger partial charge in [-0.25, -0.2) is 18.4 Å². The molecule has 7 nitrogen and oxygen atoms in total. The number of cyclic esters (lactones) is 1. The van der Waals surface area contributed by atoms with Gasteiger partial charge in [0.05, 0.1) is 25.9 Å². The number of methoxy groups -OCH3 is 1. The lowest BCUT2D eigenvalue weighted by molar-refractivity contribution is 0.132. The van der Waals surface area contributed by atoms with Crippen molar-refractivity contribution >= 4 is 35.3 Å². The molecule has 0 saturated carbocycles. The number of carbonyl (C=O) groups is 2. The van der Waals surface area contributed by atoms with Gasteiger partial charge in [-0.3, -0.25) is 4.90 Å². The third kappa shape index (κ3) is 4.52. The van der Waals surface area contributed by atoms with E-state index in [-0.39, 0.29) is 36.5 Å². The maximum atomic E-state index is 15.0. The van der Waals surface area contributed by atoms with Gasteiger partial charge in [-0.2, -0.15) is 11.8 Å². The molecule has 0 bridgehead atoms. The summed E-state index contributed by atoms with van der Waals surface area (Å²) in [7, 11) is 1.22. The van der Waals surface area contributed by atoms with Crippen LogP contribution in [0.4, 0.5) is 29.7 Å². The van der Waals surface area contributed by atoms with Gasteiger partial charge in [0, 0.05) is 30.0 Å². The van der Waals surface area contributed by atoms with Gasteiger partial charge in [0.2, 0.25) is 0 Å². The number of carbonyl (C=O) groups excluding carboxylic acids is 2. The van der Waals surface area contributed by atoms with Crippen molar-refractivity contribution in [1.29, 1.82) is 0 Å². The third-order valence-electron chi connectivity index (χ3n) is 5.25. The van der Waals surface area contributed by atoms with Gasteiger partial charge in [0.1, 0.15) is 11.8 Å². The van der Waals surface area contributed by atoms with Crippen LogP contribution in [-0.2, 0) is 9.47 Å². The summed E-state index contributed by atoms with van der Waals surface area (Å²) in [6.07, 6.45) is 1.72. The Labute approximate surface area is 172 Å². The number of rotatable bonds is 6. The average Bonchev–Trinajstić information content (AvgIpc) is 3.23. The van der Waals surface area contributed by atoms with Crippen LogP contribution in [0.3, 0.4) is 0 Å². The molecule has 0 aliphatic carbocycles. The zero-order chi connectivity index (χ0) is 21.1. The molecule has 1 aromatic carbocycles. The molecule has 2 amide bonds. The lowest BCUT2D eigenvalue weighted by atomic mass is 10.2. The summed E-state index contributed by atoms with van der Waals surface area (Å²) in [5, 5.41) is 2.44. The summed E-state index contributed by atoms with van der Waals surface area (Å²) in [5.41, 5.74) is 0.0388. The third-order valence-corrected chi connectivity index (χ3v) is 5.97. The molecule has 2 aliphatic rings. The fraction of sp³-hybridized carbons (Fsp3) is 0.579. The molecule has 10 heteroatoms. The Hall–Kier alpha value is -2.23. The van der Waals surface area contributed by atoms with E-state index in [4.69, 9.17) is 4.74 Å². The molecule has 3 atom stereocenters. The van der Waals surface area contributed by atoms with Crippen LogP contribution in [-0.4, -0.2) is 62.6 Å². The number of halogens is 2. The number of hydrogen-bond donors (Lipinski definition) is 1. The molecule has 3 unspecified atom stereocenters. The molecule has 1 N–H and O–H groups in total. The molecule has 29 heavy (non-hydrogen) atoms. The quantitative estimate of drug-likeness (QED) is 0.748. The van der Waals surface area contributed by atoms with Crippen LogP contribution in [0.25, 0.3) is 0 Å². The standard InChI is InChI=1S/C19H25F2N3O4S/c1-11-4-5-12(10-29-3)24(11)17-15(20)6-13(7-16(17)21)23-9-14(28-19(23)26)8-22-18(25)27-2/h6-7,11-12,14H,4-5,8-10H2,1-3H3,(H,22,25). The van der Waals surface area contributed by atoms with Crippen LogP contribution in [0.2, 0.25) is 0 Å². The number of ether oxygens (including phenoxy) is 2. The second-order valence-electron chi connectivity index (χ2n) is 7.19. The lowest BCUT2D eigenvalue weighted by Crippen LogP contribution is -2.37. The number of thioether (sulfide) groups is 1. The van der Waals surface area contributed by atoms with Gasteiger partial charge in [-0.1, -0.05) is 0 Å². The lowest BCUT2D eigenvalue weighted by Gasteiger charge is -2.31. The van der Waals surface area contributed by atoms with Crippen molar-refractivity contribution in [3.8, 4) is 0 Å². The molecule has 0 radical (unpaired) electrons. The van der Waals surface area contributed by atoms with Gasteiger partial charge in [-0.15, -0.1) is 0 Å². The molecular formula is C19H25F2N3O4S. The van der Waals surface area contributed by atoms with E-state index in [2.05, 4.69) is 10.1 Å². The van der Waals surface area contributed by atoms with Crippen molar-refractivity contribution in [2.75, 3.05) is 42.0 Å². The molecule has 2 heterocycles. The summed E-state index contributed by atoms with van der Waals surface area (Å²) in [5.74, 6) is -0.620. The van der Waals surface area contributed by atoms with Crippen molar-refractivity contribution in [3.05, 3.63) is 23.8 Å². The minimum absolute atomic E-state index is 0.0347. The van der Waals surface area contributed by atoms with Gasteiger partial charge in [-0.05, 0) is 26.0 Å². The highest BCUT2D eigenvalue weighted by atomic mass is 32.2. The van der Waals surface area contributed by atoms with Gasteiger partial charge in [0.25, 0.3) is 0 Å². The van der Waals surface area contributed by atoms with E-state index in [0.29, 0.717) is 0 Å². The number of alkyl carbamates (subject to hydrolysis) is 1. The number of anilines is 2. The van der Waals surface area contributed by atoms with E-state index < -0.39 is 29.9 Å². The van der Waals surface area contributed by atoms with Gasteiger partial charge in [0.15, 0.2) is 11.6 Å². The molecule has 1 aromatic rings. The highest BCUT2D eigenvalue weighted by Crippen LogP contribution is 2.37. The van der Waals surface area contributed by atoms with E-state index in [1.807, 2.05) is 18.1 Å². The van der Waals surface area contributed by atoms with Crippen LogP contribution in [0.5, 0.6) is 0 Å². The minimum atomic E-state index is -0.719. The Kier molecular flexibility index (Phi) is 6.71. The first-order valence-electron chi connectivity index (χ1n) is 9.42. The van der Waals surface area contributed by atoms with Gasteiger partial charge >= 0.3 is 12.2 Å². The van der Waals surface area contributed by atoms with E-state index in [0.717, 1.165) is 35.6 Å². The van der Waals surface area contributed by atoms with Crippen molar-refractivity contribution in [2.24, 2.45) is 0 Å². The van der Waals surface area contributed by atoms with Crippen molar-refractivity contribution in [3.63, 3.8) is 0 Å². The first-order valence-corrected chi connectivity index (χ1v) is 10.8. The van der Waals surface area contributed by atoms with E-state index in [1.54, 1.807) is 11.8 Å². The number of amides is 2. The summed E-state index contributed by atoms with van der Waals surface area (Å²) in [6.45, 7) is 2.07. The van der Waals surface area contributed by atoms with Crippen molar-refractivity contribution < 1.29 is 27.8 Å². The second kappa shape index (κ2) is 9.06. The van der Waals surface area contributed by atoms with E-state index in [9.17, 15) is 18.4 Å². The van der Waals surface area contributed by atoms with Crippen molar-refractivity contribution in [2.45, 2.75) is 38.0 Å². The highest BCUT2D eigenvalue weighted by molar-refractivity contribution is 7.98. The highest BCUT2D eigenvalue weighted by Gasteiger charge is 2.37. The smallest absolute Gasteiger partial charge is 0.414 e. The summed E-state index contributed by atoms with van der Waals surface area (Å²) in [4.78, 5) is 26.3. The predicted molar refractivity (Wildman–Crippen MR) is 108 cm³/mol. The molecule has 2 fully saturated rings. The molecule has 2 aliphatic heterocycles. The maximum absolute atomic E-state index is 15.0. The zero-order valence-corrected chi connectivity index (χ0v) is 17.4. The molecule has 0 spiro atoms. The fourth-order valence-electron chi connectivity index (χ4n) is 3.89. The molecule has 2 saturated heterocycles. The van der Waals surface area contributed by atoms with Gasteiger partial charge < -0.3 is 19.7 Å². The summed E-state index contributed by atoms with van der Waals surface area (Å²) < 4.78 is 39.6. The second-order valence-corrected chi connectivity index (χ2v) is 8.10. The first-order chi connectivity index (χ1) is 13.8. The topological polar surface area (TPSA) is 71.1 Å². The molecule has 3 rings (SSSR count). The number of hydrogen-bond acceptors (Lipinski definition) is 6. The molecule has 160 valence electrons. The predicted octanol–water partition coefficient (Wildman–Crippen LogP) is 3.37. The Balaban J connectivity index is 1.79. The molecule has 0 aromatic heterocycles. The number of nitrogens with one attached hydrogen (secondary N) is 1. The SMILES string of the molecule is COC(=O)NCC1CN(c2cc(F)c(N3C(C)CCC3CSC)c(F)c2)C(=O)O1. The average molecular weight is 429 g/mol. The van der Waals surface area contributed by atoms with Crippen molar-refractivity contribution in [1.82, 2.24) is 5.32 Å². The van der Waals surface area contributed by atoms with E-state index in [1.165, 1.54) is 7.11 Å². The summed E-state index contributed by atoms with van der Waals surface area (Å²) >= 11 is 1.65. The van der Waals surface area contributed by atoms with Crippen LogP contribution < -0.4 is 15.1 Å². The Morgan fingerprint density at radius 2 is 2.03 bits per heavy atom. The normalized spacial score (nSPS) is 24.0. The monoisotopic (exact) mass is 429 g/mol. The number of benzene rings is 1. The van der Waals surface area contributed by atoms with Crippen LogP contribution in [0.15, 0.2) is 12.1 Å². The fourth-order valence-corrected chi connectivity index (χ4v) is 4.61. The number of nitrogens with zero attached hydrogens (tertiary/aromatic N) is 2. The van der Waals surface area contributed by atoms with Crippen LogP contribution in [0, 0.1) is 11.6 Å². The summed E-state index contributed by atoms with van der Waals surface area (Å²) in [6, 6.07) is 2.43. The largest absolute Gasteiger partial charge is 0.453 e. The molecular weight excluding hydrogens is 404 g/mol.